The van der Waals surface area contributed by atoms with Crippen LogP contribution >= 0.6 is 0 Å². The van der Waals surface area contributed by atoms with Gasteiger partial charge in [-0.05, 0) is 48.0 Å². The van der Waals surface area contributed by atoms with E-state index in [1.807, 2.05) is 18.2 Å². The highest BCUT2D eigenvalue weighted by molar-refractivity contribution is 6.12. The van der Waals surface area contributed by atoms with Gasteiger partial charge in [-0.2, -0.15) is 0 Å². The van der Waals surface area contributed by atoms with Crippen LogP contribution in [0, 0.1) is 0 Å². The van der Waals surface area contributed by atoms with E-state index in [2.05, 4.69) is 131 Å². The van der Waals surface area contributed by atoms with Gasteiger partial charge in [0.25, 0.3) is 0 Å². The first kappa shape index (κ1) is 21.8. The molecule has 0 unspecified atom stereocenters. The molecule has 0 saturated heterocycles. The largest absolute Gasteiger partial charge is 0.454 e. The van der Waals surface area contributed by atoms with Crippen molar-refractivity contribution in [2.75, 3.05) is 5.32 Å². The second kappa shape index (κ2) is 8.64. The maximum absolute atomic E-state index is 6.47. The minimum atomic E-state index is 0.861. The van der Waals surface area contributed by atoms with Gasteiger partial charge in [0.05, 0.1) is 16.7 Å². The van der Waals surface area contributed by atoms with Crippen molar-refractivity contribution in [3.8, 4) is 16.8 Å². The molecule has 1 N–H and O–H groups in total. The van der Waals surface area contributed by atoms with Gasteiger partial charge in [0.1, 0.15) is 5.58 Å². The van der Waals surface area contributed by atoms with E-state index in [4.69, 9.17) is 4.42 Å². The molecule has 0 spiro atoms. The van der Waals surface area contributed by atoms with Crippen molar-refractivity contribution in [1.29, 1.82) is 0 Å². The molecule has 0 aliphatic heterocycles. The van der Waals surface area contributed by atoms with Gasteiger partial charge in [-0.25, -0.2) is 0 Å². The lowest BCUT2D eigenvalue weighted by molar-refractivity contribution is 0.670. The first-order valence-electron chi connectivity index (χ1n) is 13.2. The van der Waals surface area contributed by atoms with Crippen molar-refractivity contribution >= 4 is 55.1 Å². The molecule has 2 heterocycles. The third-order valence-corrected chi connectivity index (χ3v) is 7.59. The minimum Gasteiger partial charge on any atom is -0.454 e. The molecule has 6 aromatic carbocycles. The summed E-state index contributed by atoms with van der Waals surface area (Å²) < 4.78 is 8.81. The molecular formula is C36H24N2O. The van der Waals surface area contributed by atoms with Gasteiger partial charge in [-0.1, -0.05) is 97.1 Å². The van der Waals surface area contributed by atoms with E-state index in [1.54, 1.807) is 0 Å². The van der Waals surface area contributed by atoms with Crippen LogP contribution in [0.5, 0.6) is 0 Å². The van der Waals surface area contributed by atoms with E-state index >= 15 is 0 Å². The van der Waals surface area contributed by atoms with Gasteiger partial charge in [-0.15, -0.1) is 0 Å². The normalized spacial score (nSPS) is 11.6. The number of nitrogens with one attached hydrogen (secondary N) is 1. The zero-order chi connectivity index (χ0) is 25.8. The summed E-state index contributed by atoms with van der Waals surface area (Å²) in [7, 11) is 0. The topological polar surface area (TPSA) is 30.1 Å². The van der Waals surface area contributed by atoms with E-state index in [-0.39, 0.29) is 0 Å². The maximum atomic E-state index is 6.47. The van der Waals surface area contributed by atoms with Crippen molar-refractivity contribution in [2.24, 2.45) is 0 Å². The van der Waals surface area contributed by atoms with Crippen LogP contribution in [0.1, 0.15) is 0 Å². The number of nitrogens with zero attached hydrogens (tertiary/aromatic N) is 1. The number of para-hydroxylation sites is 3. The second-order valence-corrected chi connectivity index (χ2v) is 9.87. The Kier molecular flexibility index (Phi) is 4.82. The number of hydrogen-bond donors (Lipinski definition) is 1. The lowest BCUT2D eigenvalue weighted by atomic mass is 10.0. The molecular weight excluding hydrogens is 476 g/mol. The summed E-state index contributed by atoms with van der Waals surface area (Å²) in [4.78, 5) is 0. The highest BCUT2D eigenvalue weighted by atomic mass is 16.3. The van der Waals surface area contributed by atoms with Crippen molar-refractivity contribution in [2.45, 2.75) is 0 Å². The molecule has 0 aliphatic carbocycles. The molecule has 8 rings (SSSR count). The fourth-order valence-corrected chi connectivity index (χ4v) is 5.84. The Morgan fingerprint density at radius 2 is 1.18 bits per heavy atom. The van der Waals surface area contributed by atoms with Crippen LogP contribution in [0.4, 0.5) is 11.4 Å². The molecule has 0 amide bonds. The second-order valence-electron chi connectivity index (χ2n) is 9.87. The fourth-order valence-electron chi connectivity index (χ4n) is 5.84. The number of benzene rings is 6. The molecule has 8 aromatic rings. The molecule has 0 bridgehead atoms. The predicted molar refractivity (Wildman–Crippen MR) is 163 cm³/mol. The number of fused-ring (bicyclic) bond motifs is 6. The zero-order valence-corrected chi connectivity index (χ0v) is 21.1. The van der Waals surface area contributed by atoms with Crippen LogP contribution in [0.15, 0.2) is 144 Å². The SMILES string of the molecule is c1ccc(-c2ccc3c(oc4ccccc43)c2Nc2cccc(-n3c4ccccc4c4ccccc43)c2)cc1. The Morgan fingerprint density at radius 3 is 1.95 bits per heavy atom. The zero-order valence-electron chi connectivity index (χ0n) is 21.1. The molecule has 0 radical (unpaired) electrons. The van der Waals surface area contributed by atoms with E-state index in [1.165, 1.54) is 21.8 Å². The van der Waals surface area contributed by atoms with E-state index in [0.29, 0.717) is 0 Å². The number of aromatic nitrogens is 1. The van der Waals surface area contributed by atoms with Crippen LogP contribution in [-0.4, -0.2) is 4.57 Å². The van der Waals surface area contributed by atoms with Gasteiger partial charge in [0.15, 0.2) is 5.58 Å². The van der Waals surface area contributed by atoms with Gasteiger partial charge in [0.2, 0.25) is 0 Å². The Balaban J connectivity index is 1.33. The Morgan fingerprint density at radius 1 is 0.513 bits per heavy atom. The first-order valence-corrected chi connectivity index (χ1v) is 13.2. The molecule has 0 fully saturated rings. The summed E-state index contributed by atoms with van der Waals surface area (Å²) >= 11 is 0. The standard InChI is InChI=1S/C36H24N2O/c1-2-11-24(12-3-1)27-21-22-31-30-17-6-9-20-34(30)39-36(31)35(27)37-25-13-10-14-26(23-25)38-32-18-7-4-15-28(32)29-16-5-8-19-33(29)38/h1-23,37H. The Bertz CT molecular complexity index is 2100. The van der Waals surface area contributed by atoms with Gasteiger partial charge >= 0.3 is 0 Å². The van der Waals surface area contributed by atoms with Crippen LogP contribution in [0.25, 0.3) is 60.6 Å². The highest BCUT2D eigenvalue weighted by Gasteiger charge is 2.17. The molecule has 0 atom stereocenters. The monoisotopic (exact) mass is 500 g/mol. The summed E-state index contributed by atoms with van der Waals surface area (Å²) in [6, 6.07) is 48.9. The van der Waals surface area contributed by atoms with Crippen molar-refractivity contribution in [1.82, 2.24) is 4.57 Å². The number of rotatable bonds is 4. The smallest absolute Gasteiger partial charge is 0.159 e. The molecule has 0 saturated carbocycles. The fraction of sp³-hybridized carbons (Fsp3) is 0. The van der Waals surface area contributed by atoms with Crippen molar-refractivity contribution in [3.63, 3.8) is 0 Å². The highest BCUT2D eigenvalue weighted by Crippen LogP contribution is 2.41. The molecule has 3 heteroatoms. The Labute approximate surface area is 225 Å². The maximum Gasteiger partial charge on any atom is 0.159 e. The molecule has 3 nitrogen and oxygen atoms in total. The Hall–Kier alpha value is -5.28. The summed E-state index contributed by atoms with van der Waals surface area (Å²) in [5.74, 6) is 0. The molecule has 2 aromatic heterocycles. The van der Waals surface area contributed by atoms with Gasteiger partial charge in [0, 0.05) is 38.5 Å². The number of hydrogen-bond acceptors (Lipinski definition) is 2. The van der Waals surface area contributed by atoms with Crippen LogP contribution < -0.4 is 5.32 Å². The van der Waals surface area contributed by atoms with Crippen LogP contribution in [0.3, 0.4) is 0 Å². The molecule has 0 aliphatic rings. The lowest BCUT2D eigenvalue weighted by Gasteiger charge is -2.15. The van der Waals surface area contributed by atoms with E-state index in [0.717, 1.165) is 50.1 Å². The molecule has 39 heavy (non-hydrogen) atoms. The first-order chi connectivity index (χ1) is 19.3. The average Bonchev–Trinajstić information content (AvgIpc) is 3.54. The van der Waals surface area contributed by atoms with Gasteiger partial charge < -0.3 is 14.3 Å². The summed E-state index contributed by atoms with van der Waals surface area (Å²) in [5.41, 5.74) is 9.45. The predicted octanol–water partition coefficient (Wildman–Crippen LogP) is 10.1. The van der Waals surface area contributed by atoms with E-state index < -0.39 is 0 Å². The van der Waals surface area contributed by atoms with Gasteiger partial charge in [-0.3, -0.25) is 0 Å². The molecule has 184 valence electrons. The van der Waals surface area contributed by atoms with Crippen LogP contribution in [0.2, 0.25) is 0 Å². The van der Waals surface area contributed by atoms with Crippen LogP contribution in [-0.2, 0) is 0 Å². The van der Waals surface area contributed by atoms with E-state index in [9.17, 15) is 0 Å². The lowest BCUT2D eigenvalue weighted by Crippen LogP contribution is -1.98. The summed E-state index contributed by atoms with van der Waals surface area (Å²) in [6.07, 6.45) is 0. The summed E-state index contributed by atoms with van der Waals surface area (Å²) in [6.45, 7) is 0. The third kappa shape index (κ3) is 3.44. The summed E-state index contributed by atoms with van der Waals surface area (Å²) in [5, 5.41) is 8.50. The van der Waals surface area contributed by atoms with Crippen molar-refractivity contribution in [3.05, 3.63) is 140 Å². The minimum absolute atomic E-state index is 0.861. The average molecular weight is 501 g/mol. The number of furan rings is 1. The quantitative estimate of drug-likeness (QED) is 0.260. The van der Waals surface area contributed by atoms with Crippen molar-refractivity contribution < 1.29 is 4.42 Å². The third-order valence-electron chi connectivity index (χ3n) is 7.59. The number of anilines is 2.